The van der Waals surface area contributed by atoms with Crippen LogP contribution in [0.15, 0.2) is 29.8 Å². The monoisotopic (exact) mass is 262 g/mol. The van der Waals surface area contributed by atoms with Crippen molar-refractivity contribution in [3.05, 3.63) is 35.3 Å². The van der Waals surface area contributed by atoms with Crippen LogP contribution in [0, 0.1) is 0 Å². The van der Waals surface area contributed by atoms with E-state index in [2.05, 4.69) is 23.3 Å². The van der Waals surface area contributed by atoms with Crippen LogP contribution in [0.25, 0.3) is 0 Å². The maximum atomic E-state index is 5.58. The summed E-state index contributed by atoms with van der Waals surface area (Å²) in [4.78, 5) is 4.22. The molecular formula is C13H14N2O2S. The van der Waals surface area contributed by atoms with Gasteiger partial charge in [0.15, 0.2) is 16.6 Å². The van der Waals surface area contributed by atoms with Crippen molar-refractivity contribution in [2.45, 2.75) is 13.0 Å². The fourth-order valence-electron chi connectivity index (χ4n) is 1.89. The smallest absolute Gasteiger partial charge is 0.183 e. The first-order chi connectivity index (χ1) is 8.83. The number of nitrogens with one attached hydrogen (secondary N) is 1. The summed E-state index contributed by atoms with van der Waals surface area (Å²) in [6.07, 6.45) is 1.80. The lowest BCUT2D eigenvalue weighted by atomic mass is 10.1. The quantitative estimate of drug-likeness (QED) is 0.923. The molecule has 18 heavy (non-hydrogen) atoms. The highest BCUT2D eigenvalue weighted by Crippen LogP contribution is 2.33. The van der Waals surface area contributed by atoms with Gasteiger partial charge in [-0.15, -0.1) is 11.3 Å². The van der Waals surface area contributed by atoms with E-state index in [-0.39, 0.29) is 6.04 Å². The minimum atomic E-state index is 0.187. The van der Waals surface area contributed by atoms with Crippen LogP contribution < -0.4 is 14.8 Å². The van der Waals surface area contributed by atoms with Crippen molar-refractivity contribution in [1.29, 1.82) is 0 Å². The fourth-order valence-corrected chi connectivity index (χ4v) is 2.51. The van der Waals surface area contributed by atoms with Gasteiger partial charge in [-0.1, -0.05) is 6.07 Å². The molecule has 1 aromatic heterocycles. The molecule has 0 amide bonds. The highest BCUT2D eigenvalue weighted by atomic mass is 32.1. The zero-order valence-electron chi connectivity index (χ0n) is 10.1. The van der Waals surface area contributed by atoms with E-state index in [9.17, 15) is 0 Å². The molecule has 94 valence electrons. The number of aromatic nitrogens is 1. The summed E-state index contributed by atoms with van der Waals surface area (Å²) in [5.41, 5.74) is 1.16. The minimum Gasteiger partial charge on any atom is -0.486 e. The first kappa shape index (κ1) is 11.3. The summed E-state index contributed by atoms with van der Waals surface area (Å²) in [6.45, 7) is 3.34. The third-order valence-electron chi connectivity index (χ3n) is 2.84. The standard InChI is InChI=1S/C13H14N2O2S/c1-9(15-13-14-4-7-18-13)10-2-3-11-12(8-10)17-6-5-16-11/h2-4,7-9H,5-6H2,1H3,(H,14,15). The van der Waals surface area contributed by atoms with Crippen LogP contribution in [0.3, 0.4) is 0 Å². The molecule has 0 spiro atoms. The number of nitrogens with zero attached hydrogens (tertiary/aromatic N) is 1. The third-order valence-corrected chi connectivity index (χ3v) is 3.54. The number of hydrogen-bond acceptors (Lipinski definition) is 5. The van der Waals surface area contributed by atoms with Gasteiger partial charge in [0.1, 0.15) is 13.2 Å². The Labute approximate surface area is 110 Å². The second-order valence-corrected chi connectivity index (χ2v) is 5.00. The molecule has 0 bridgehead atoms. The summed E-state index contributed by atoms with van der Waals surface area (Å²) >= 11 is 1.60. The summed E-state index contributed by atoms with van der Waals surface area (Å²) in [6, 6.07) is 6.23. The number of anilines is 1. The predicted molar refractivity (Wildman–Crippen MR) is 71.6 cm³/mol. The summed E-state index contributed by atoms with van der Waals surface area (Å²) in [5.74, 6) is 1.65. The fraction of sp³-hybridized carbons (Fsp3) is 0.308. The molecule has 4 nitrogen and oxygen atoms in total. The van der Waals surface area contributed by atoms with Crippen molar-refractivity contribution in [2.24, 2.45) is 0 Å². The number of rotatable bonds is 3. The van der Waals surface area contributed by atoms with Gasteiger partial charge in [0.2, 0.25) is 0 Å². The zero-order chi connectivity index (χ0) is 12.4. The Kier molecular flexibility index (Phi) is 3.06. The molecule has 1 aromatic carbocycles. The maximum Gasteiger partial charge on any atom is 0.183 e. The van der Waals surface area contributed by atoms with E-state index in [1.54, 1.807) is 17.5 Å². The average molecular weight is 262 g/mol. The molecule has 0 aliphatic carbocycles. The Bertz CT molecular complexity index is 528. The van der Waals surface area contributed by atoms with Crippen molar-refractivity contribution in [3.63, 3.8) is 0 Å². The molecule has 3 rings (SSSR count). The SMILES string of the molecule is CC(Nc1nccs1)c1ccc2c(c1)OCCO2. The number of fused-ring (bicyclic) bond motifs is 1. The Morgan fingerprint density at radius 2 is 2.11 bits per heavy atom. The Morgan fingerprint density at radius 1 is 1.28 bits per heavy atom. The molecule has 1 aliphatic rings. The molecule has 0 radical (unpaired) electrons. The summed E-state index contributed by atoms with van der Waals surface area (Å²) in [7, 11) is 0. The van der Waals surface area contributed by atoms with Gasteiger partial charge in [0.05, 0.1) is 6.04 Å². The maximum absolute atomic E-state index is 5.58. The molecule has 0 fully saturated rings. The van der Waals surface area contributed by atoms with E-state index < -0.39 is 0 Å². The number of thiazole rings is 1. The molecule has 1 atom stereocenters. The lowest BCUT2D eigenvalue weighted by molar-refractivity contribution is 0.171. The van der Waals surface area contributed by atoms with E-state index in [1.165, 1.54) is 0 Å². The number of ether oxygens (including phenoxy) is 2. The Morgan fingerprint density at radius 3 is 2.89 bits per heavy atom. The van der Waals surface area contributed by atoms with Gasteiger partial charge >= 0.3 is 0 Å². The highest BCUT2D eigenvalue weighted by Gasteiger charge is 2.14. The molecule has 1 N–H and O–H groups in total. The second-order valence-electron chi connectivity index (χ2n) is 4.11. The second kappa shape index (κ2) is 4.86. The first-order valence-corrected chi connectivity index (χ1v) is 6.76. The van der Waals surface area contributed by atoms with Crippen molar-refractivity contribution >= 4 is 16.5 Å². The highest BCUT2D eigenvalue weighted by molar-refractivity contribution is 7.13. The first-order valence-electron chi connectivity index (χ1n) is 5.88. The van der Waals surface area contributed by atoms with Crippen LogP contribution >= 0.6 is 11.3 Å². The summed E-state index contributed by atoms with van der Waals surface area (Å²) in [5, 5.41) is 6.24. The van der Waals surface area contributed by atoms with Gasteiger partial charge in [-0.25, -0.2) is 4.98 Å². The van der Waals surface area contributed by atoms with Gasteiger partial charge in [0.25, 0.3) is 0 Å². The topological polar surface area (TPSA) is 43.4 Å². The van der Waals surface area contributed by atoms with Crippen LogP contribution in [0.5, 0.6) is 11.5 Å². The van der Waals surface area contributed by atoms with Crippen molar-refractivity contribution in [2.75, 3.05) is 18.5 Å². The number of hydrogen-bond donors (Lipinski definition) is 1. The van der Waals surface area contributed by atoms with Crippen LogP contribution in [0.1, 0.15) is 18.5 Å². The predicted octanol–water partition coefficient (Wildman–Crippen LogP) is 3.09. The van der Waals surface area contributed by atoms with Crippen LogP contribution in [-0.2, 0) is 0 Å². The van der Waals surface area contributed by atoms with Gasteiger partial charge in [0, 0.05) is 11.6 Å². The number of benzene rings is 1. The molecule has 1 unspecified atom stereocenters. The molecule has 5 heteroatoms. The summed E-state index contributed by atoms with van der Waals surface area (Å²) < 4.78 is 11.1. The lowest BCUT2D eigenvalue weighted by Crippen LogP contribution is -2.16. The minimum absolute atomic E-state index is 0.187. The molecule has 0 saturated heterocycles. The largest absolute Gasteiger partial charge is 0.486 e. The van der Waals surface area contributed by atoms with Crippen LogP contribution in [0.4, 0.5) is 5.13 Å². The molecular weight excluding hydrogens is 248 g/mol. The van der Waals surface area contributed by atoms with Gasteiger partial charge < -0.3 is 14.8 Å². The van der Waals surface area contributed by atoms with E-state index in [0.717, 1.165) is 22.2 Å². The molecule has 2 heterocycles. The van der Waals surface area contributed by atoms with Crippen molar-refractivity contribution in [3.8, 4) is 11.5 Å². The van der Waals surface area contributed by atoms with Gasteiger partial charge in [-0.3, -0.25) is 0 Å². The van der Waals surface area contributed by atoms with E-state index >= 15 is 0 Å². The Balaban J connectivity index is 1.79. The van der Waals surface area contributed by atoms with Crippen molar-refractivity contribution < 1.29 is 9.47 Å². The van der Waals surface area contributed by atoms with Gasteiger partial charge in [-0.05, 0) is 24.6 Å². The zero-order valence-corrected chi connectivity index (χ0v) is 10.9. The van der Waals surface area contributed by atoms with Crippen molar-refractivity contribution in [1.82, 2.24) is 4.98 Å². The Hall–Kier alpha value is -1.75. The lowest BCUT2D eigenvalue weighted by Gasteiger charge is -2.20. The van der Waals surface area contributed by atoms with Crippen LogP contribution in [-0.4, -0.2) is 18.2 Å². The molecule has 0 saturated carbocycles. The van der Waals surface area contributed by atoms with Gasteiger partial charge in [-0.2, -0.15) is 0 Å². The van der Waals surface area contributed by atoms with E-state index in [4.69, 9.17) is 9.47 Å². The van der Waals surface area contributed by atoms with Crippen LogP contribution in [0.2, 0.25) is 0 Å². The average Bonchev–Trinajstić information content (AvgIpc) is 2.91. The van der Waals surface area contributed by atoms with E-state index in [1.807, 2.05) is 17.5 Å². The molecule has 1 aliphatic heterocycles. The van der Waals surface area contributed by atoms with E-state index in [0.29, 0.717) is 13.2 Å². The third kappa shape index (κ3) is 2.26. The molecule has 2 aromatic rings. The normalized spacial score (nSPS) is 15.2.